The van der Waals surface area contributed by atoms with Gasteiger partial charge in [0.15, 0.2) is 0 Å². The van der Waals surface area contributed by atoms with Crippen molar-refractivity contribution in [3.8, 4) is 0 Å². The second-order valence-corrected chi connectivity index (χ2v) is 5.16. The Kier molecular flexibility index (Phi) is 3.82. The fraction of sp³-hybridized carbons (Fsp3) is 0.571. The zero-order valence-electron chi connectivity index (χ0n) is 10.7. The minimum absolute atomic E-state index is 0.485. The molecule has 0 radical (unpaired) electrons. The van der Waals surface area contributed by atoms with Crippen molar-refractivity contribution in [2.45, 2.75) is 25.5 Å². The molecular weight excluding hydrogens is 212 g/mol. The molecular formula is C14H22N2O. The molecule has 1 fully saturated rings. The summed E-state index contributed by atoms with van der Waals surface area (Å²) in [6.45, 7) is 7.81. The molecule has 0 spiro atoms. The summed E-state index contributed by atoms with van der Waals surface area (Å²) in [6, 6.07) is 10.4. The zero-order valence-corrected chi connectivity index (χ0v) is 10.7. The molecule has 2 rings (SSSR count). The molecule has 1 unspecified atom stereocenters. The Morgan fingerprint density at radius 1 is 1.41 bits per heavy atom. The highest BCUT2D eigenvalue weighted by atomic mass is 16.3. The van der Waals surface area contributed by atoms with Gasteiger partial charge in [0.2, 0.25) is 0 Å². The minimum Gasteiger partial charge on any atom is -0.384 e. The van der Waals surface area contributed by atoms with E-state index in [4.69, 9.17) is 0 Å². The summed E-state index contributed by atoms with van der Waals surface area (Å²) in [4.78, 5) is 2.35. The third kappa shape index (κ3) is 3.06. The monoisotopic (exact) mass is 234 g/mol. The second kappa shape index (κ2) is 5.17. The molecule has 3 nitrogen and oxygen atoms in total. The Morgan fingerprint density at radius 2 is 2.12 bits per heavy atom. The number of rotatable bonds is 3. The van der Waals surface area contributed by atoms with Crippen LogP contribution >= 0.6 is 0 Å². The van der Waals surface area contributed by atoms with Crippen LogP contribution in [0.5, 0.6) is 0 Å². The minimum atomic E-state index is -0.771. The van der Waals surface area contributed by atoms with Crippen molar-refractivity contribution in [1.82, 2.24) is 10.2 Å². The van der Waals surface area contributed by atoms with Crippen LogP contribution in [0.2, 0.25) is 0 Å². The predicted molar refractivity (Wildman–Crippen MR) is 69.9 cm³/mol. The van der Waals surface area contributed by atoms with Gasteiger partial charge < -0.3 is 10.4 Å². The summed E-state index contributed by atoms with van der Waals surface area (Å²) in [5, 5.41) is 14.0. The summed E-state index contributed by atoms with van der Waals surface area (Å²) in [5.41, 5.74) is 0.220. The number of benzene rings is 1. The Bertz CT molecular complexity index is 350. The van der Waals surface area contributed by atoms with Crippen LogP contribution in [0.25, 0.3) is 0 Å². The first-order chi connectivity index (χ1) is 8.09. The molecule has 0 saturated carbocycles. The Labute approximate surface area is 103 Å². The number of aliphatic hydroxyl groups is 1. The summed E-state index contributed by atoms with van der Waals surface area (Å²) in [5.74, 6) is 0. The van der Waals surface area contributed by atoms with E-state index in [1.165, 1.54) is 0 Å². The molecule has 0 amide bonds. The van der Waals surface area contributed by atoms with E-state index < -0.39 is 5.60 Å². The van der Waals surface area contributed by atoms with E-state index in [9.17, 15) is 5.11 Å². The van der Waals surface area contributed by atoms with Crippen LogP contribution in [0.15, 0.2) is 30.3 Å². The predicted octanol–water partition coefficient (Wildman–Crippen LogP) is 1.19. The highest BCUT2D eigenvalue weighted by Gasteiger charge is 2.29. The average Bonchev–Trinajstić information content (AvgIpc) is 2.33. The fourth-order valence-electron chi connectivity index (χ4n) is 2.40. The summed E-state index contributed by atoms with van der Waals surface area (Å²) >= 11 is 0. The van der Waals surface area contributed by atoms with E-state index in [-0.39, 0.29) is 0 Å². The molecule has 0 aliphatic carbocycles. The van der Waals surface area contributed by atoms with Gasteiger partial charge in [-0.25, -0.2) is 0 Å². The number of nitrogens with one attached hydrogen (secondary N) is 1. The van der Waals surface area contributed by atoms with Gasteiger partial charge in [-0.15, -0.1) is 0 Å². The number of hydrogen-bond donors (Lipinski definition) is 2. The van der Waals surface area contributed by atoms with Crippen LogP contribution < -0.4 is 5.32 Å². The molecule has 94 valence electrons. The van der Waals surface area contributed by atoms with Crippen molar-refractivity contribution in [2.75, 3.05) is 26.2 Å². The Hall–Kier alpha value is -0.900. The first-order valence-corrected chi connectivity index (χ1v) is 6.32. The molecule has 3 heteroatoms. The van der Waals surface area contributed by atoms with Gasteiger partial charge >= 0.3 is 0 Å². The second-order valence-electron chi connectivity index (χ2n) is 5.16. The van der Waals surface area contributed by atoms with Crippen molar-refractivity contribution < 1.29 is 5.11 Å². The van der Waals surface area contributed by atoms with Crippen LogP contribution in [0.1, 0.15) is 19.4 Å². The van der Waals surface area contributed by atoms with Gasteiger partial charge in [0.1, 0.15) is 0 Å². The summed E-state index contributed by atoms with van der Waals surface area (Å²) < 4.78 is 0. The van der Waals surface area contributed by atoms with E-state index in [2.05, 4.69) is 17.1 Å². The van der Waals surface area contributed by atoms with Crippen molar-refractivity contribution in [2.24, 2.45) is 0 Å². The van der Waals surface area contributed by atoms with E-state index in [1.807, 2.05) is 37.3 Å². The molecule has 0 bridgehead atoms. The Morgan fingerprint density at radius 3 is 2.76 bits per heavy atom. The van der Waals surface area contributed by atoms with Gasteiger partial charge in [0, 0.05) is 32.2 Å². The quantitative estimate of drug-likeness (QED) is 0.824. The molecule has 0 aromatic heterocycles. The van der Waals surface area contributed by atoms with Crippen molar-refractivity contribution >= 4 is 0 Å². The van der Waals surface area contributed by atoms with Crippen LogP contribution in [-0.2, 0) is 5.60 Å². The van der Waals surface area contributed by atoms with Crippen LogP contribution in [0, 0.1) is 0 Å². The first kappa shape index (κ1) is 12.6. The fourth-order valence-corrected chi connectivity index (χ4v) is 2.40. The van der Waals surface area contributed by atoms with E-state index in [1.54, 1.807) is 0 Å². The molecule has 2 N–H and O–H groups in total. The lowest BCUT2D eigenvalue weighted by atomic mass is 9.94. The molecule has 1 saturated heterocycles. The molecule has 1 heterocycles. The van der Waals surface area contributed by atoms with Gasteiger partial charge in [-0.1, -0.05) is 30.3 Å². The number of piperazine rings is 1. The topological polar surface area (TPSA) is 35.5 Å². The van der Waals surface area contributed by atoms with Gasteiger partial charge in [-0.2, -0.15) is 0 Å². The molecule has 17 heavy (non-hydrogen) atoms. The zero-order chi connectivity index (χ0) is 12.3. The van der Waals surface area contributed by atoms with E-state index >= 15 is 0 Å². The average molecular weight is 234 g/mol. The lowest BCUT2D eigenvalue weighted by molar-refractivity contribution is -0.00108. The number of nitrogens with zero attached hydrogens (tertiary/aromatic N) is 1. The third-order valence-electron chi connectivity index (χ3n) is 3.55. The molecule has 1 aromatic rings. The molecule has 1 aliphatic heterocycles. The van der Waals surface area contributed by atoms with Gasteiger partial charge in [0.05, 0.1) is 5.60 Å². The summed E-state index contributed by atoms with van der Waals surface area (Å²) in [6.07, 6.45) is 0. The maximum absolute atomic E-state index is 10.6. The number of β-amino-alcohol motifs (C(OH)–C–C–N with tert-alkyl or cyclic N) is 1. The Balaban J connectivity index is 2.06. The van der Waals surface area contributed by atoms with Crippen LogP contribution in [-0.4, -0.2) is 42.2 Å². The molecule has 2 atom stereocenters. The first-order valence-electron chi connectivity index (χ1n) is 6.32. The highest BCUT2D eigenvalue weighted by molar-refractivity contribution is 5.21. The van der Waals surface area contributed by atoms with E-state index in [0.29, 0.717) is 12.6 Å². The third-order valence-corrected chi connectivity index (χ3v) is 3.55. The van der Waals surface area contributed by atoms with Crippen LogP contribution in [0.4, 0.5) is 0 Å². The lowest BCUT2D eigenvalue weighted by Gasteiger charge is -2.38. The van der Waals surface area contributed by atoms with Gasteiger partial charge in [-0.05, 0) is 19.4 Å². The highest BCUT2D eigenvalue weighted by Crippen LogP contribution is 2.22. The molecule has 1 aromatic carbocycles. The van der Waals surface area contributed by atoms with Crippen molar-refractivity contribution in [3.63, 3.8) is 0 Å². The normalized spacial score (nSPS) is 25.5. The van der Waals surface area contributed by atoms with Gasteiger partial charge in [-0.3, -0.25) is 4.90 Å². The largest absolute Gasteiger partial charge is 0.384 e. The molecule has 1 aliphatic rings. The lowest BCUT2D eigenvalue weighted by Crippen LogP contribution is -2.53. The van der Waals surface area contributed by atoms with Gasteiger partial charge in [0.25, 0.3) is 0 Å². The number of hydrogen-bond acceptors (Lipinski definition) is 3. The van der Waals surface area contributed by atoms with Crippen molar-refractivity contribution in [3.05, 3.63) is 35.9 Å². The maximum atomic E-state index is 10.6. The smallest absolute Gasteiger partial charge is 0.0994 e. The van der Waals surface area contributed by atoms with E-state index in [0.717, 1.165) is 25.2 Å². The standard InChI is InChI=1S/C14H22N2O/c1-12-10-15-8-9-16(12)11-14(2,17)13-6-4-3-5-7-13/h3-7,12,15,17H,8-11H2,1-2H3/t12-,14?/m0/s1. The van der Waals surface area contributed by atoms with Crippen LogP contribution in [0.3, 0.4) is 0 Å². The SMILES string of the molecule is C[C@H]1CNCCN1CC(C)(O)c1ccccc1. The van der Waals surface area contributed by atoms with Crippen molar-refractivity contribution in [1.29, 1.82) is 0 Å². The summed E-state index contributed by atoms with van der Waals surface area (Å²) in [7, 11) is 0. The maximum Gasteiger partial charge on any atom is 0.0994 e.